The van der Waals surface area contributed by atoms with E-state index in [0.717, 1.165) is 35.7 Å². The Kier molecular flexibility index (Phi) is 8.21. The van der Waals surface area contributed by atoms with Crippen LogP contribution in [0.4, 0.5) is 13.2 Å². The third-order valence-electron chi connectivity index (χ3n) is 6.59. The van der Waals surface area contributed by atoms with Crippen molar-refractivity contribution in [1.29, 1.82) is 0 Å². The van der Waals surface area contributed by atoms with Crippen LogP contribution in [0, 0.1) is 12.8 Å². The molecule has 0 atom stereocenters. The van der Waals surface area contributed by atoms with Crippen molar-refractivity contribution in [2.45, 2.75) is 102 Å². The molecule has 2 aromatic rings. The minimum Gasteiger partial charge on any atom is -0.389 e. The summed E-state index contributed by atoms with van der Waals surface area (Å²) in [6.07, 6.45) is 1.61. The predicted octanol–water partition coefficient (Wildman–Crippen LogP) is 7.73. The molecule has 0 unspecified atom stereocenters. The summed E-state index contributed by atoms with van der Waals surface area (Å²) in [5.41, 5.74) is 1.29. The van der Waals surface area contributed by atoms with Crippen LogP contribution < -0.4 is 4.72 Å². The lowest BCUT2D eigenvalue weighted by atomic mass is 9.84. The third-order valence-corrected chi connectivity index (χ3v) is 7.52. The normalized spacial score (nSPS) is 16.3. The first kappa shape index (κ1) is 27.2. The van der Waals surface area contributed by atoms with E-state index in [1.807, 2.05) is 39.8 Å². The van der Waals surface area contributed by atoms with Gasteiger partial charge in [-0.25, -0.2) is 0 Å². The third kappa shape index (κ3) is 7.05. The molecule has 1 fully saturated rings. The van der Waals surface area contributed by atoms with Gasteiger partial charge in [-0.15, -0.1) is 0 Å². The molecule has 0 saturated heterocycles. The number of benzene rings is 1. The zero-order valence-electron chi connectivity index (χ0n) is 21.3. The Balaban J connectivity index is 2.08. The highest BCUT2D eigenvalue weighted by atomic mass is 32.2. The second-order valence-electron chi connectivity index (χ2n) is 11.4. The van der Waals surface area contributed by atoms with Crippen molar-refractivity contribution in [1.82, 2.24) is 9.29 Å². The van der Waals surface area contributed by atoms with Crippen molar-refractivity contribution < 1.29 is 18.3 Å². The molecule has 1 aliphatic rings. The van der Waals surface area contributed by atoms with E-state index in [1.165, 1.54) is 43.3 Å². The Morgan fingerprint density at radius 3 is 2.15 bits per heavy atom. The van der Waals surface area contributed by atoms with Crippen molar-refractivity contribution in [2.75, 3.05) is 6.54 Å². The van der Waals surface area contributed by atoms with Crippen LogP contribution in [0.15, 0.2) is 29.2 Å². The Morgan fingerprint density at radius 2 is 1.59 bits per heavy atom. The minimum absolute atomic E-state index is 0.401. The van der Waals surface area contributed by atoms with Crippen molar-refractivity contribution in [3.8, 4) is 11.3 Å². The quantitative estimate of drug-likeness (QED) is 0.385. The molecule has 7 heteroatoms. The largest absolute Gasteiger partial charge is 0.416 e. The summed E-state index contributed by atoms with van der Waals surface area (Å²) in [7, 11) is 0. The summed E-state index contributed by atoms with van der Waals surface area (Å²) in [6, 6.07) is 6.49. The summed E-state index contributed by atoms with van der Waals surface area (Å²) < 4.78 is 47.0. The Labute approximate surface area is 206 Å². The van der Waals surface area contributed by atoms with Gasteiger partial charge in [-0.1, -0.05) is 40.0 Å². The van der Waals surface area contributed by atoms with Crippen LogP contribution in [0.1, 0.15) is 83.5 Å². The molecular weight excluding hydrogens is 457 g/mol. The fraction of sp³-hybridized carbons (Fsp3) is 0.630. The number of alkyl halides is 3. The van der Waals surface area contributed by atoms with Gasteiger partial charge in [0.2, 0.25) is 0 Å². The summed E-state index contributed by atoms with van der Waals surface area (Å²) in [4.78, 5) is 0.977. The SMILES string of the molecule is Cc1c(SNCC(C)(C)O)cc(-c2cc(C(C)(C)C)cc(C(F)(F)F)c2)n1CC1CCCCC1. The van der Waals surface area contributed by atoms with Crippen LogP contribution in [0.5, 0.6) is 0 Å². The molecular formula is C27H39F3N2OS. The van der Waals surface area contributed by atoms with Crippen LogP contribution in [-0.2, 0) is 18.1 Å². The molecule has 3 rings (SSSR count). The van der Waals surface area contributed by atoms with E-state index < -0.39 is 22.8 Å². The molecule has 1 aliphatic carbocycles. The number of halogens is 3. The van der Waals surface area contributed by atoms with Gasteiger partial charge in [0.25, 0.3) is 0 Å². The lowest BCUT2D eigenvalue weighted by Gasteiger charge is -2.25. The van der Waals surface area contributed by atoms with E-state index >= 15 is 0 Å². The topological polar surface area (TPSA) is 37.2 Å². The summed E-state index contributed by atoms with van der Waals surface area (Å²) in [5.74, 6) is 0.536. The molecule has 3 nitrogen and oxygen atoms in total. The lowest BCUT2D eigenvalue weighted by molar-refractivity contribution is -0.137. The van der Waals surface area contributed by atoms with Gasteiger partial charge in [0.15, 0.2) is 0 Å². The highest BCUT2D eigenvalue weighted by Gasteiger charge is 2.33. The molecule has 2 N–H and O–H groups in total. The molecule has 0 radical (unpaired) electrons. The maximum absolute atomic E-state index is 13.8. The summed E-state index contributed by atoms with van der Waals surface area (Å²) >= 11 is 1.43. The second-order valence-corrected chi connectivity index (χ2v) is 12.3. The van der Waals surface area contributed by atoms with Crippen molar-refractivity contribution in [3.05, 3.63) is 41.1 Å². The molecule has 1 saturated carbocycles. The zero-order chi connectivity index (χ0) is 25.3. The Hall–Kier alpha value is -1.44. The van der Waals surface area contributed by atoms with Crippen LogP contribution in [0.3, 0.4) is 0 Å². The van der Waals surface area contributed by atoms with Crippen molar-refractivity contribution >= 4 is 11.9 Å². The molecule has 1 heterocycles. The lowest BCUT2D eigenvalue weighted by Crippen LogP contribution is -2.31. The number of hydrogen-bond acceptors (Lipinski definition) is 3. The number of nitrogens with zero attached hydrogens (tertiary/aromatic N) is 1. The fourth-order valence-corrected chi connectivity index (χ4v) is 5.50. The van der Waals surface area contributed by atoms with E-state index in [2.05, 4.69) is 9.29 Å². The maximum Gasteiger partial charge on any atom is 0.416 e. The highest BCUT2D eigenvalue weighted by Crippen LogP contribution is 2.39. The van der Waals surface area contributed by atoms with Crippen LogP contribution in [-0.4, -0.2) is 21.8 Å². The van der Waals surface area contributed by atoms with E-state index in [1.54, 1.807) is 13.8 Å². The van der Waals surface area contributed by atoms with Crippen molar-refractivity contribution in [3.63, 3.8) is 0 Å². The van der Waals surface area contributed by atoms with Gasteiger partial charge in [0.05, 0.1) is 11.2 Å². The van der Waals surface area contributed by atoms with E-state index in [4.69, 9.17) is 0 Å². The highest BCUT2D eigenvalue weighted by molar-refractivity contribution is 7.97. The number of hydrogen-bond donors (Lipinski definition) is 2. The molecule has 0 aliphatic heterocycles. The van der Waals surface area contributed by atoms with E-state index in [-0.39, 0.29) is 0 Å². The zero-order valence-corrected chi connectivity index (χ0v) is 22.1. The van der Waals surface area contributed by atoms with Crippen LogP contribution in [0.2, 0.25) is 0 Å². The molecule has 0 bridgehead atoms. The first-order valence-electron chi connectivity index (χ1n) is 12.2. The molecule has 190 valence electrons. The first-order chi connectivity index (χ1) is 15.6. The smallest absolute Gasteiger partial charge is 0.389 e. The van der Waals surface area contributed by atoms with Gasteiger partial charge in [-0.2, -0.15) is 13.2 Å². The number of aromatic nitrogens is 1. The van der Waals surface area contributed by atoms with Crippen LogP contribution in [0.25, 0.3) is 11.3 Å². The molecule has 0 amide bonds. The maximum atomic E-state index is 13.8. The first-order valence-corrected chi connectivity index (χ1v) is 13.0. The van der Waals surface area contributed by atoms with E-state index in [0.29, 0.717) is 23.6 Å². The summed E-state index contributed by atoms with van der Waals surface area (Å²) in [6.45, 7) is 12.6. The van der Waals surface area contributed by atoms with Gasteiger partial charge in [0.1, 0.15) is 0 Å². The molecule has 1 aromatic carbocycles. The standard InChI is InChI=1S/C27H39F3N2OS/c1-18-24(34-31-17-26(5,6)33)15-23(32(18)16-19-10-8-7-9-11-19)20-12-21(25(2,3)4)14-22(13-20)27(28,29)30/h12-15,19,31,33H,7-11,16-17H2,1-6H3. The van der Waals surface area contributed by atoms with Gasteiger partial charge in [0, 0.05) is 29.4 Å². The molecule has 1 aromatic heterocycles. The number of nitrogens with one attached hydrogen (secondary N) is 1. The fourth-order valence-electron chi connectivity index (χ4n) is 4.49. The van der Waals surface area contributed by atoms with E-state index in [9.17, 15) is 18.3 Å². The van der Waals surface area contributed by atoms with Crippen molar-refractivity contribution in [2.24, 2.45) is 5.92 Å². The predicted molar refractivity (Wildman–Crippen MR) is 135 cm³/mol. The number of aliphatic hydroxyl groups is 1. The molecule has 34 heavy (non-hydrogen) atoms. The average molecular weight is 497 g/mol. The minimum atomic E-state index is -4.41. The summed E-state index contributed by atoms with van der Waals surface area (Å²) in [5, 5.41) is 10.0. The second kappa shape index (κ2) is 10.3. The van der Waals surface area contributed by atoms with Gasteiger partial charge < -0.3 is 9.67 Å². The van der Waals surface area contributed by atoms with Gasteiger partial charge >= 0.3 is 6.18 Å². The monoisotopic (exact) mass is 496 g/mol. The van der Waals surface area contributed by atoms with Gasteiger partial charge in [-0.05, 0) is 92.3 Å². The average Bonchev–Trinajstić information content (AvgIpc) is 3.02. The molecule has 0 spiro atoms. The van der Waals surface area contributed by atoms with Crippen LogP contribution >= 0.6 is 11.9 Å². The Bertz CT molecular complexity index is 945. The number of rotatable bonds is 7. The van der Waals surface area contributed by atoms with Gasteiger partial charge in [-0.3, -0.25) is 4.72 Å². The Morgan fingerprint density at radius 1 is 0.971 bits per heavy atom.